The van der Waals surface area contributed by atoms with Crippen molar-refractivity contribution in [3.8, 4) is 5.69 Å². The lowest BCUT2D eigenvalue weighted by Gasteiger charge is -2.47. The highest BCUT2D eigenvalue weighted by molar-refractivity contribution is 6.35. The van der Waals surface area contributed by atoms with Crippen molar-refractivity contribution >= 4 is 22.5 Å². The fraction of sp³-hybridized carbons (Fsp3) is 0.483. The molecule has 6 rings (SSSR count). The van der Waals surface area contributed by atoms with Gasteiger partial charge in [-0.2, -0.15) is 0 Å². The minimum absolute atomic E-state index is 0.0981. The zero-order chi connectivity index (χ0) is 27.3. The summed E-state index contributed by atoms with van der Waals surface area (Å²) in [6.45, 7) is 5.13. The molecule has 4 aromatic rings. The van der Waals surface area contributed by atoms with E-state index in [0.29, 0.717) is 35.0 Å². The maximum atomic E-state index is 13.7. The van der Waals surface area contributed by atoms with Crippen LogP contribution in [0.25, 0.3) is 16.6 Å². The van der Waals surface area contributed by atoms with E-state index in [-0.39, 0.29) is 17.9 Å². The summed E-state index contributed by atoms with van der Waals surface area (Å²) in [6.07, 6.45) is 4.38. The fourth-order valence-electron chi connectivity index (χ4n) is 6.74. The third kappa shape index (κ3) is 4.80. The van der Waals surface area contributed by atoms with E-state index in [1.54, 1.807) is 17.1 Å². The average molecular weight is 555 g/mol. The number of H-pyrrole nitrogens is 1. The van der Waals surface area contributed by atoms with Gasteiger partial charge >= 0.3 is 0 Å². The smallest absolute Gasteiger partial charge is 0.279 e. The minimum atomic E-state index is -2.34. The molecule has 1 saturated carbocycles. The third-order valence-corrected chi connectivity index (χ3v) is 8.84. The maximum Gasteiger partial charge on any atom is 0.279 e. The Labute approximate surface area is 230 Å². The fourth-order valence-corrected chi connectivity index (χ4v) is 6.99. The molecule has 0 amide bonds. The van der Waals surface area contributed by atoms with E-state index in [9.17, 15) is 13.6 Å². The molecule has 1 N–H and O–H groups in total. The Kier molecular flexibility index (Phi) is 6.83. The maximum absolute atomic E-state index is 13.7. The summed E-state index contributed by atoms with van der Waals surface area (Å²) in [6, 6.07) is 9.68. The number of aryl methyl sites for hydroxylation is 1. The summed E-state index contributed by atoms with van der Waals surface area (Å²) in [5, 5.41) is 9.63. The second-order valence-corrected chi connectivity index (χ2v) is 11.9. The Morgan fingerprint density at radius 1 is 1.26 bits per heavy atom. The zero-order valence-corrected chi connectivity index (χ0v) is 23.0. The summed E-state index contributed by atoms with van der Waals surface area (Å²) in [5.41, 5.74) is 2.34. The summed E-state index contributed by atoms with van der Waals surface area (Å²) < 4.78 is 29.7. The number of hydrogen-bond acceptors (Lipinski definition) is 4. The number of hydrogen-bond donors (Lipinski definition) is 1. The van der Waals surface area contributed by atoms with Crippen molar-refractivity contribution in [2.75, 3.05) is 13.1 Å². The molecule has 1 saturated heterocycles. The molecule has 10 heteroatoms. The number of piperidine rings is 1. The number of pyridine rings is 1. The van der Waals surface area contributed by atoms with Crippen molar-refractivity contribution in [1.82, 2.24) is 29.2 Å². The number of nitrogens with one attached hydrogen (secondary N) is 1. The second kappa shape index (κ2) is 10.2. The minimum Gasteiger partial charge on any atom is -0.353 e. The first-order valence-corrected chi connectivity index (χ1v) is 14.0. The van der Waals surface area contributed by atoms with Gasteiger partial charge in [-0.25, -0.2) is 8.78 Å². The molecular formula is C29H33ClF2N6O. The van der Waals surface area contributed by atoms with Crippen molar-refractivity contribution in [2.24, 2.45) is 18.9 Å². The Morgan fingerprint density at radius 3 is 2.79 bits per heavy atom. The largest absolute Gasteiger partial charge is 0.353 e. The van der Waals surface area contributed by atoms with Crippen LogP contribution in [0.4, 0.5) is 8.78 Å². The molecule has 39 heavy (non-hydrogen) atoms. The monoisotopic (exact) mass is 554 g/mol. The molecule has 0 radical (unpaired) electrons. The van der Waals surface area contributed by atoms with Gasteiger partial charge in [-0.3, -0.25) is 14.3 Å². The summed E-state index contributed by atoms with van der Waals surface area (Å²) >= 11 is 6.72. The van der Waals surface area contributed by atoms with Crippen molar-refractivity contribution in [3.63, 3.8) is 0 Å². The molecule has 1 atom stereocenters. The lowest BCUT2D eigenvalue weighted by Crippen LogP contribution is -2.45. The predicted octanol–water partition coefficient (Wildman–Crippen LogP) is 5.68. The molecule has 1 aromatic carbocycles. The SMILES string of the molecule is C[C@H]1CCCN(Cc2cc3c(Cl)cn(-c4cccc(C5(c6nncn6C)CC(CC(F)F)C5)c4)c(=O)c3[nH]2)C1. The third-order valence-electron chi connectivity index (χ3n) is 8.54. The molecule has 2 fully saturated rings. The molecule has 0 spiro atoms. The molecule has 0 unspecified atom stereocenters. The van der Waals surface area contributed by atoms with Gasteiger partial charge < -0.3 is 9.55 Å². The second-order valence-electron chi connectivity index (χ2n) is 11.5. The van der Waals surface area contributed by atoms with Crippen LogP contribution in [-0.4, -0.2) is 48.7 Å². The molecule has 1 aliphatic heterocycles. The highest BCUT2D eigenvalue weighted by atomic mass is 35.5. The lowest BCUT2D eigenvalue weighted by atomic mass is 9.57. The molecule has 0 bridgehead atoms. The van der Waals surface area contributed by atoms with Crippen molar-refractivity contribution in [3.05, 3.63) is 75.3 Å². The molecule has 7 nitrogen and oxygen atoms in total. The van der Waals surface area contributed by atoms with E-state index in [1.807, 2.05) is 41.9 Å². The van der Waals surface area contributed by atoms with Gasteiger partial charge in [-0.05, 0) is 67.8 Å². The van der Waals surface area contributed by atoms with Gasteiger partial charge in [-0.15, -0.1) is 10.2 Å². The number of benzene rings is 1. The van der Waals surface area contributed by atoms with Crippen LogP contribution in [0.3, 0.4) is 0 Å². The van der Waals surface area contributed by atoms with Crippen molar-refractivity contribution in [1.29, 1.82) is 0 Å². The lowest BCUT2D eigenvalue weighted by molar-refractivity contribution is 0.0608. The average Bonchev–Trinajstić information content (AvgIpc) is 3.50. The normalized spacial score (nSPS) is 23.9. The number of likely N-dealkylation sites (tertiary alicyclic amines) is 1. The van der Waals surface area contributed by atoms with Gasteiger partial charge in [0, 0.05) is 49.5 Å². The summed E-state index contributed by atoms with van der Waals surface area (Å²) in [5.74, 6) is 1.31. The molecule has 2 aliphatic rings. The Balaban J connectivity index is 1.36. The standard InChI is InChI=1S/C29H33ClF2N6O/c1-18-5-4-8-37(14-18)15-21-11-23-24(30)16-38(27(39)26(23)34-21)22-7-3-6-20(10-22)29(28-35-33-17-36(28)2)12-19(13-29)9-25(31)32/h3,6-7,10-11,16-19,25,34H,4-5,8-9,12-15H2,1-2H3/t18-,19?,29?/m0/s1. The number of alkyl halides is 2. The van der Waals surface area contributed by atoms with Gasteiger partial charge in [0.2, 0.25) is 6.43 Å². The summed E-state index contributed by atoms with van der Waals surface area (Å²) in [7, 11) is 1.87. The van der Waals surface area contributed by atoms with Crippen LogP contribution in [0.15, 0.2) is 47.7 Å². The van der Waals surface area contributed by atoms with E-state index >= 15 is 0 Å². The van der Waals surface area contributed by atoms with Crippen LogP contribution in [0.2, 0.25) is 5.02 Å². The topological polar surface area (TPSA) is 71.7 Å². The Bertz CT molecular complexity index is 1550. The Morgan fingerprint density at radius 2 is 2.08 bits per heavy atom. The Hall–Kier alpha value is -3.04. The first kappa shape index (κ1) is 26.2. The van der Waals surface area contributed by atoms with Crippen LogP contribution >= 0.6 is 11.6 Å². The van der Waals surface area contributed by atoms with Gasteiger partial charge in [0.25, 0.3) is 5.56 Å². The van der Waals surface area contributed by atoms with E-state index < -0.39 is 11.8 Å². The number of nitrogens with zero attached hydrogens (tertiary/aromatic N) is 5. The van der Waals surface area contributed by atoms with Crippen LogP contribution in [-0.2, 0) is 19.0 Å². The van der Waals surface area contributed by atoms with E-state index in [1.165, 1.54) is 12.8 Å². The van der Waals surface area contributed by atoms with Gasteiger partial charge in [0.1, 0.15) is 17.7 Å². The van der Waals surface area contributed by atoms with Crippen molar-refractivity contribution < 1.29 is 8.78 Å². The van der Waals surface area contributed by atoms with E-state index in [4.69, 9.17) is 11.6 Å². The molecule has 4 heterocycles. The molecule has 3 aromatic heterocycles. The molecule has 206 valence electrons. The molecule has 1 aliphatic carbocycles. The zero-order valence-electron chi connectivity index (χ0n) is 22.2. The van der Waals surface area contributed by atoms with Gasteiger partial charge in [-0.1, -0.05) is 30.7 Å². The first-order chi connectivity index (χ1) is 18.7. The number of aromatic amines is 1. The summed E-state index contributed by atoms with van der Waals surface area (Å²) in [4.78, 5) is 19.5. The van der Waals surface area contributed by atoms with Crippen LogP contribution in [0.1, 0.15) is 56.1 Å². The van der Waals surface area contributed by atoms with Crippen LogP contribution < -0.4 is 5.56 Å². The van der Waals surface area contributed by atoms with Crippen LogP contribution in [0.5, 0.6) is 0 Å². The van der Waals surface area contributed by atoms with Gasteiger partial charge in [0.15, 0.2) is 0 Å². The van der Waals surface area contributed by atoms with Crippen molar-refractivity contribution in [2.45, 2.75) is 57.4 Å². The number of fused-ring (bicyclic) bond motifs is 1. The predicted molar refractivity (Wildman–Crippen MR) is 148 cm³/mol. The highest BCUT2D eigenvalue weighted by Crippen LogP contribution is 2.53. The first-order valence-electron chi connectivity index (χ1n) is 13.6. The van der Waals surface area contributed by atoms with Gasteiger partial charge in [0.05, 0.1) is 10.4 Å². The highest BCUT2D eigenvalue weighted by Gasteiger charge is 2.50. The number of halogens is 3. The number of rotatable bonds is 7. The van der Waals surface area contributed by atoms with E-state index in [2.05, 4.69) is 27.0 Å². The van der Waals surface area contributed by atoms with E-state index in [0.717, 1.165) is 42.1 Å². The van der Waals surface area contributed by atoms with Crippen LogP contribution in [0, 0.1) is 11.8 Å². The number of aromatic nitrogens is 5. The molecular weight excluding hydrogens is 522 g/mol. The quantitative estimate of drug-likeness (QED) is 0.319.